The zero-order valence-corrected chi connectivity index (χ0v) is 10.9. The van der Waals surface area contributed by atoms with Crippen LogP contribution in [-0.2, 0) is 13.0 Å². The molecule has 20 heavy (non-hydrogen) atoms. The molecule has 104 valence electrons. The van der Waals surface area contributed by atoms with E-state index in [0.717, 1.165) is 5.56 Å². The number of carbonyl (C=O) groups is 1. The van der Waals surface area contributed by atoms with Crippen LogP contribution >= 0.6 is 0 Å². The summed E-state index contributed by atoms with van der Waals surface area (Å²) in [7, 11) is 0. The first kappa shape index (κ1) is 14.1. The topological polar surface area (TPSA) is 115 Å². The highest BCUT2D eigenvalue weighted by Crippen LogP contribution is 2.12. The first-order valence-corrected chi connectivity index (χ1v) is 6.20. The van der Waals surface area contributed by atoms with Crippen molar-refractivity contribution in [2.45, 2.75) is 19.0 Å². The summed E-state index contributed by atoms with van der Waals surface area (Å²) in [6.07, 6.45) is 1.87. The minimum Gasteiger partial charge on any atom is -0.508 e. The second-order valence-corrected chi connectivity index (χ2v) is 4.40. The second kappa shape index (κ2) is 6.23. The van der Waals surface area contributed by atoms with Crippen LogP contribution in [0, 0.1) is 0 Å². The van der Waals surface area contributed by atoms with Crippen molar-refractivity contribution < 1.29 is 9.90 Å². The van der Waals surface area contributed by atoms with Crippen molar-refractivity contribution in [3.63, 3.8) is 0 Å². The van der Waals surface area contributed by atoms with E-state index < -0.39 is 6.04 Å². The van der Waals surface area contributed by atoms with Crippen LogP contribution in [0.4, 0.5) is 0 Å². The number of aromatic nitrogens is 2. The van der Waals surface area contributed by atoms with Crippen molar-refractivity contribution in [3.8, 4) is 5.75 Å². The van der Waals surface area contributed by atoms with E-state index >= 15 is 0 Å². The quantitative estimate of drug-likeness (QED) is 0.678. The highest BCUT2D eigenvalue weighted by Gasteiger charge is 2.18. The number of phenolic OH excluding ortho intramolecular Hbond substituents is 1. The van der Waals surface area contributed by atoms with Crippen LogP contribution in [0.15, 0.2) is 36.5 Å². The highest BCUT2D eigenvalue weighted by molar-refractivity contribution is 5.98. The van der Waals surface area contributed by atoms with Gasteiger partial charge in [-0.2, -0.15) is 0 Å². The van der Waals surface area contributed by atoms with Gasteiger partial charge in [-0.25, -0.2) is 9.97 Å². The number of nitrogens with zero attached hydrogens (tertiary/aromatic N) is 2. The van der Waals surface area contributed by atoms with Crippen molar-refractivity contribution in [3.05, 3.63) is 53.6 Å². The average Bonchev–Trinajstić information content (AvgIpc) is 2.48. The van der Waals surface area contributed by atoms with E-state index in [2.05, 4.69) is 9.97 Å². The molecule has 6 nitrogen and oxygen atoms in total. The number of hydrogen-bond donors (Lipinski definition) is 3. The van der Waals surface area contributed by atoms with E-state index in [1.165, 1.54) is 12.3 Å². The predicted octanol–water partition coefficient (Wildman–Crippen LogP) is 0.394. The van der Waals surface area contributed by atoms with E-state index in [0.29, 0.717) is 12.2 Å². The Bertz CT molecular complexity index is 598. The molecule has 0 radical (unpaired) electrons. The predicted molar refractivity (Wildman–Crippen MR) is 74.0 cm³/mol. The lowest BCUT2D eigenvalue weighted by Crippen LogP contribution is -2.33. The molecule has 1 aromatic carbocycles. The number of Topliss-reactive ketones (excluding diaryl/α,β-unsaturated/α-hetero) is 1. The van der Waals surface area contributed by atoms with Gasteiger partial charge in [-0.15, -0.1) is 0 Å². The summed E-state index contributed by atoms with van der Waals surface area (Å²) < 4.78 is 0. The van der Waals surface area contributed by atoms with Crippen LogP contribution in [-0.4, -0.2) is 26.9 Å². The number of ketones is 1. The average molecular weight is 272 g/mol. The van der Waals surface area contributed by atoms with Crippen molar-refractivity contribution in [1.29, 1.82) is 0 Å². The number of rotatable bonds is 5. The van der Waals surface area contributed by atoms with Crippen molar-refractivity contribution >= 4 is 5.78 Å². The fourth-order valence-corrected chi connectivity index (χ4v) is 1.80. The van der Waals surface area contributed by atoms with Gasteiger partial charge in [0, 0.05) is 6.20 Å². The van der Waals surface area contributed by atoms with Crippen LogP contribution in [0.5, 0.6) is 5.75 Å². The Morgan fingerprint density at radius 2 is 1.95 bits per heavy atom. The molecular weight excluding hydrogens is 256 g/mol. The molecule has 1 atom stereocenters. The molecule has 0 unspecified atom stereocenters. The van der Waals surface area contributed by atoms with Crippen molar-refractivity contribution in [2.75, 3.05) is 0 Å². The SMILES string of the molecule is NCc1nccc(C(=O)[C@@H](N)Cc2ccc(O)cc2)n1. The van der Waals surface area contributed by atoms with Gasteiger partial charge in [0.05, 0.1) is 12.6 Å². The summed E-state index contributed by atoms with van der Waals surface area (Å²) in [5.74, 6) is 0.333. The molecule has 1 aromatic heterocycles. The molecular formula is C14H16N4O2. The Labute approximate surface area is 116 Å². The smallest absolute Gasteiger partial charge is 0.198 e. The lowest BCUT2D eigenvalue weighted by atomic mass is 10.0. The molecule has 0 aliphatic rings. The second-order valence-electron chi connectivity index (χ2n) is 4.40. The Hall–Kier alpha value is -2.31. The highest BCUT2D eigenvalue weighted by atomic mass is 16.3. The molecule has 0 aliphatic heterocycles. The first-order valence-electron chi connectivity index (χ1n) is 6.20. The Morgan fingerprint density at radius 3 is 2.60 bits per heavy atom. The Kier molecular flexibility index (Phi) is 4.39. The molecule has 0 aliphatic carbocycles. The van der Waals surface area contributed by atoms with Crippen molar-refractivity contribution in [2.24, 2.45) is 11.5 Å². The molecule has 6 heteroatoms. The normalized spacial score (nSPS) is 12.1. The minimum atomic E-state index is -0.694. The van der Waals surface area contributed by atoms with Crippen molar-refractivity contribution in [1.82, 2.24) is 9.97 Å². The van der Waals surface area contributed by atoms with E-state index in [4.69, 9.17) is 11.5 Å². The third-order valence-electron chi connectivity index (χ3n) is 2.87. The summed E-state index contributed by atoms with van der Waals surface area (Å²) in [6, 6.07) is 7.41. The van der Waals surface area contributed by atoms with E-state index in [-0.39, 0.29) is 23.8 Å². The van der Waals surface area contributed by atoms with E-state index in [1.807, 2.05) is 0 Å². The number of carbonyl (C=O) groups excluding carboxylic acids is 1. The zero-order valence-electron chi connectivity index (χ0n) is 10.9. The van der Waals surface area contributed by atoms with Gasteiger partial charge >= 0.3 is 0 Å². The molecule has 2 aromatic rings. The van der Waals surface area contributed by atoms with Gasteiger partial charge in [-0.05, 0) is 30.2 Å². The summed E-state index contributed by atoms with van der Waals surface area (Å²) in [5, 5.41) is 9.21. The molecule has 0 fully saturated rings. The van der Waals surface area contributed by atoms with Gasteiger partial charge in [-0.3, -0.25) is 4.79 Å². The van der Waals surface area contributed by atoms with Crippen LogP contribution in [0.2, 0.25) is 0 Å². The van der Waals surface area contributed by atoms with Gasteiger partial charge in [0.2, 0.25) is 0 Å². The van der Waals surface area contributed by atoms with Crippen LogP contribution < -0.4 is 11.5 Å². The lowest BCUT2D eigenvalue weighted by Gasteiger charge is -2.10. The molecule has 0 saturated carbocycles. The van der Waals surface area contributed by atoms with E-state index in [9.17, 15) is 9.90 Å². The number of nitrogens with two attached hydrogens (primary N) is 2. The fourth-order valence-electron chi connectivity index (χ4n) is 1.80. The molecule has 0 saturated heterocycles. The van der Waals surface area contributed by atoms with Crippen LogP contribution in [0.25, 0.3) is 0 Å². The van der Waals surface area contributed by atoms with Crippen LogP contribution in [0.1, 0.15) is 21.9 Å². The molecule has 5 N–H and O–H groups in total. The zero-order chi connectivity index (χ0) is 14.5. The maximum Gasteiger partial charge on any atom is 0.198 e. The molecule has 1 heterocycles. The third-order valence-corrected chi connectivity index (χ3v) is 2.87. The summed E-state index contributed by atoms with van der Waals surface area (Å²) in [6.45, 7) is 0.175. The maximum atomic E-state index is 12.2. The standard InChI is InChI=1S/C14H16N4O2/c15-8-13-17-6-5-12(18-13)14(20)11(16)7-9-1-3-10(19)4-2-9/h1-6,11,19H,7-8,15-16H2/t11-/m0/s1. The Morgan fingerprint density at radius 1 is 1.25 bits per heavy atom. The first-order chi connectivity index (χ1) is 9.60. The van der Waals surface area contributed by atoms with Gasteiger partial charge < -0.3 is 16.6 Å². The number of phenols is 1. The van der Waals surface area contributed by atoms with Gasteiger partial charge in [0.25, 0.3) is 0 Å². The summed E-state index contributed by atoms with van der Waals surface area (Å²) in [4.78, 5) is 20.2. The number of hydrogen-bond acceptors (Lipinski definition) is 6. The maximum absolute atomic E-state index is 12.2. The Balaban J connectivity index is 2.09. The lowest BCUT2D eigenvalue weighted by molar-refractivity contribution is 0.0955. The number of aromatic hydroxyl groups is 1. The van der Waals surface area contributed by atoms with Gasteiger partial charge in [0.1, 0.15) is 17.3 Å². The largest absolute Gasteiger partial charge is 0.508 e. The number of benzene rings is 1. The summed E-state index contributed by atoms with van der Waals surface area (Å²) in [5.41, 5.74) is 12.5. The molecule has 0 amide bonds. The van der Waals surface area contributed by atoms with E-state index in [1.54, 1.807) is 24.3 Å². The van der Waals surface area contributed by atoms with Gasteiger partial charge in [-0.1, -0.05) is 12.1 Å². The third kappa shape index (κ3) is 3.37. The molecule has 2 rings (SSSR count). The monoisotopic (exact) mass is 272 g/mol. The molecule has 0 bridgehead atoms. The minimum absolute atomic E-state index is 0.175. The van der Waals surface area contributed by atoms with Gasteiger partial charge in [0.15, 0.2) is 5.78 Å². The summed E-state index contributed by atoms with van der Waals surface area (Å²) >= 11 is 0. The fraction of sp³-hybridized carbons (Fsp3) is 0.214. The van der Waals surface area contributed by atoms with Crippen LogP contribution in [0.3, 0.4) is 0 Å². The molecule has 0 spiro atoms.